The summed E-state index contributed by atoms with van der Waals surface area (Å²) in [6.45, 7) is 34.1. The van der Waals surface area contributed by atoms with Gasteiger partial charge in [0.2, 0.25) is 0 Å². The lowest BCUT2D eigenvalue weighted by Crippen LogP contribution is -2.44. The summed E-state index contributed by atoms with van der Waals surface area (Å²) in [5.74, 6) is 0.0830. The Kier molecular flexibility index (Phi) is 10.8. The second kappa shape index (κ2) is 12.0. The van der Waals surface area contributed by atoms with Crippen molar-refractivity contribution < 1.29 is 29.0 Å². The van der Waals surface area contributed by atoms with Gasteiger partial charge in [-0.3, -0.25) is 0 Å². The van der Waals surface area contributed by atoms with Gasteiger partial charge in [-0.2, -0.15) is 15.0 Å². The van der Waals surface area contributed by atoms with Gasteiger partial charge in [0.1, 0.15) is 0 Å². The first-order valence-electron chi connectivity index (χ1n) is 13.3. The SMILES string of the molecule is CC(C)(C)ON(OC(C)(C)C)c1nc(N(OC(C)(C)C)OC(C)(C)C)nc(N(OC(C)(C)C)OC(C)(C)C)n1. The summed E-state index contributed by atoms with van der Waals surface area (Å²) in [6, 6.07) is 0. The number of nitrogens with zero attached hydrogens (tertiary/aromatic N) is 6. The Hall–Kier alpha value is -1.83. The van der Waals surface area contributed by atoms with Crippen LogP contribution in [0.2, 0.25) is 0 Å². The maximum atomic E-state index is 6.13. The van der Waals surface area contributed by atoms with E-state index in [1.807, 2.05) is 125 Å². The molecule has 0 aliphatic carbocycles. The molecule has 1 aromatic heterocycles. The van der Waals surface area contributed by atoms with Crippen molar-refractivity contribution in [3.63, 3.8) is 0 Å². The van der Waals surface area contributed by atoms with Crippen LogP contribution in [0.5, 0.6) is 0 Å². The van der Waals surface area contributed by atoms with Gasteiger partial charge in [0.25, 0.3) is 17.8 Å². The predicted octanol–water partition coefficient (Wildman–Crippen LogP) is 6.67. The molecule has 228 valence electrons. The second-order valence-corrected chi connectivity index (χ2v) is 15.2. The van der Waals surface area contributed by atoms with E-state index in [-0.39, 0.29) is 17.8 Å². The molecule has 1 aromatic rings. The molecule has 0 saturated carbocycles. The van der Waals surface area contributed by atoms with Crippen molar-refractivity contribution in [2.45, 2.75) is 158 Å². The van der Waals surface area contributed by atoms with Crippen LogP contribution >= 0.6 is 0 Å². The lowest BCUT2D eigenvalue weighted by atomic mass is 10.2. The van der Waals surface area contributed by atoms with Gasteiger partial charge in [-0.25, -0.2) is 29.0 Å². The molecule has 0 spiro atoms. The minimum Gasteiger partial charge on any atom is -0.240 e. The van der Waals surface area contributed by atoms with Gasteiger partial charge in [0, 0.05) is 0 Å². The molecular formula is C27H54N6O6. The Morgan fingerprint density at radius 3 is 0.538 bits per heavy atom. The van der Waals surface area contributed by atoms with E-state index < -0.39 is 33.6 Å². The summed E-state index contributed by atoms with van der Waals surface area (Å²) in [4.78, 5) is 50.7. The van der Waals surface area contributed by atoms with Crippen molar-refractivity contribution in [1.29, 1.82) is 0 Å². The number of hydrogen-bond acceptors (Lipinski definition) is 12. The Morgan fingerprint density at radius 2 is 0.436 bits per heavy atom. The lowest BCUT2D eigenvalue weighted by Gasteiger charge is -2.36. The average Bonchev–Trinajstić information content (AvgIpc) is 2.59. The van der Waals surface area contributed by atoms with Crippen LogP contribution in [0.15, 0.2) is 0 Å². The third-order valence-electron chi connectivity index (χ3n) is 3.23. The van der Waals surface area contributed by atoms with Crippen molar-refractivity contribution in [3.05, 3.63) is 0 Å². The van der Waals surface area contributed by atoms with Crippen LogP contribution in [-0.2, 0) is 29.0 Å². The molecule has 0 fully saturated rings. The lowest BCUT2D eigenvalue weighted by molar-refractivity contribution is -0.200. The van der Waals surface area contributed by atoms with E-state index in [4.69, 9.17) is 29.0 Å². The summed E-state index contributed by atoms with van der Waals surface area (Å²) in [5, 5.41) is 3.52. The molecule has 0 unspecified atom stereocenters. The standard InChI is InChI=1S/C27H54N6O6/c1-22(2,3)34-31(35-23(4,5)6)19-28-20(32(36-24(7,8)9)37-25(10,11)12)30-21(29-19)33(38-26(13,14)15)39-27(16,17)18/h1-18H3. The minimum atomic E-state index is -0.648. The zero-order chi connectivity index (χ0) is 30.8. The molecule has 0 aromatic carbocycles. The largest absolute Gasteiger partial charge is 0.284 e. The highest BCUT2D eigenvalue weighted by Gasteiger charge is 2.34. The van der Waals surface area contributed by atoms with Gasteiger partial charge in [-0.1, -0.05) is 15.7 Å². The van der Waals surface area contributed by atoms with Crippen LogP contribution in [0.3, 0.4) is 0 Å². The zero-order valence-electron chi connectivity index (χ0n) is 27.6. The van der Waals surface area contributed by atoms with Gasteiger partial charge in [0.05, 0.1) is 33.6 Å². The molecule has 1 rings (SSSR count). The van der Waals surface area contributed by atoms with Gasteiger partial charge in [-0.05, 0) is 125 Å². The van der Waals surface area contributed by atoms with E-state index in [0.717, 1.165) is 0 Å². The maximum absolute atomic E-state index is 6.13. The fourth-order valence-corrected chi connectivity index (χ4v) is 2.38. The highest BCUT2D eigenvalue weighted by atomic mass is 17.0. The first kappa shape index (κ1) is 35.2. The Bertz CT molecular complexity index is 738. The molecule has 0 amide bonds. The Morgan fingerprint density at radius 1 is 0.308 bits per heavy atom. The normalized spacial score (nSPS) is 14.0. The molecule has 0 saturated heterocycles. The monoisotopic (exact) mass is 558 g/mol. The summed E-state index contributed by atoms with van der Waals surface area (Å²) in [5.41, 5.74) is -3.89. The van der Waals surface area contributed by atoms with Crippen LogP contribution in [-0.4, -0.2) is 48.6 Å². The predicted molar refractivity (Wildman–Crippen MR) is 152 cm³/mol. The molecule has 39 heavy (non-hydrogen) atoms. The van der Waals surface area contributed by atoms with Crippen LogP contribution in [0.1, 0.15) is 125 Å². The van der Waals surface area contributed by atoms with E-state index in [9.17, 15) is 0 Å². The molecule has 0 bridgehead atoms. The quantitative estimate of drug-likeness (QED) is 0.302. The minimum absolute atomic E-state index is 0.0277. The molecule has 0 aliphatic heterocycles. The molecule has 12 nitrogen and oxygen atoms in total. The van der Waals surface area contributed by atoms with Crippen molar-refractivity contribution in [2.75, 3.05) is 15.7 Å². The Balaban J connectivity index is 3.96. The maximum Gasteiger partial charge on any atom is 0.284 e. The van der Waals surface area contributed by atoms with Crippen molar-refractivity contribution >= 4 is 17.8 Å². The van der Waals surface area contributed by atoms with Crippen molar-refractivity contribution in [2.24, 2.45) is 0 Å². The summed E-state index contributed by atoms with van der Waals surface area (Å²) in [6.07, 6.45) is 0. The number of hydrogen-bond donors (Lipinski definition) is 0. The van der Waals surface area contributed by atoms with Gasteiger partial charge in [0.15, 0.2) is 0 Å². The summed E-state index contributed by atoms with van der Waals surface area (Å²) >= 11 is 0. The van der Waals surface area contributed by atoms with E-state index in [0.29, 0.717) is 0 Å². The summed E-state index contributed by atoms with van der Waals surface area (Å²) in [7, 11) is 0. The number of anilines is 3. The molecule has 0 N–H and O–H groups in total. The van der Waals surface area contributed by atoms with Crippen LogP contribution in [0, 0.1) is 0 Å². The van der Waals surface area contributed by atoms with E-state index in [1.165, 1.54) is 15.7 Å². The smallest absolute Gasteiger partial charge is 0.240 e. The van der Waals surface area contributed by atoms with Gasteiger partial charge in [-0.15, -0.1) is 0 Å². The number of aromatic nitrogens is 3. The average molecular weight is 559 g/mol. The molecule has 0 radical (unpaired) electrons. The van der Waals surface area contributed by atoms with E-state index in [1.54, 1.807) is 0 Å². The second-order valence-electron chi connectivity index (χ2n) is 15.2. The van der Waals surface area contributed by atoms with Crippen molar-refractivity contribution in [1.82, 2.24) is 15.0 Å². The zero-order valence-corrected chi connectivity index (χ0v) is 27.6. The third-order valence-corrected chi connectivity index (χ3v) is 3.23. The highest BCUT2D eigenvalue weighted by Crippen LogP contribution is 2.30. The summed E-state index contributed by atoms with van der Waals surface area (Å²) < 4.78 is 0. The highest BCUT2D eigenvalue weighted by molar-refractivity contribution is 5.40. The first-order chi connectivity index (χ1) is 17.0. The molecule has 0 aliphatic rings. The third kappa shape index (κ3) is 15.5. The van der Waals surface area contributed by atoms with E-state index in [2.05, 4.69) is 15.0 Å². The van der Waals surface area contributed by atoms with Crippen LogP contribution in [0.25, 0.3) is 0 Å². The van der Waals surface area contributed by atoms with Gasteiger partial charge >= 0.3 is 0 Å². The van der Waals surface area contributed by atoms with Gasteiger partial charge < -0.3 is 0 Å². The van der Waals surface area contributed by atoms with Crippen molar-refractivity contribution in [3.8, 4) is 0 Å². The molecular weight excluding hydrogens is 504 g/mol. The van der Waals surface area contributed by atoms with E-state index >= 15 is 0 Å². The van der Waals surface area contributed by atoms with Crippen LogP contribution < -0.4 is 15.7 Å². The Labute approximate surface area is 236 Å². The number of rotatable bonds is 9. The van der Waals surface area contributed by atoms with Crippen LogP contribution in [0.4, 0.5) is 17.8 Å². The first-order valence-corrected chi connectivity index (χ1v) is 13.3. The molecule has 0 atom stereocenters. The fraction of sp³-hybridized carbons (Fsp3) is 0.889. The topological polar surface area (TPSA) is 104 Å². The molecule has 12 heteroatoms. The molecule has 1 heterocycles. The fourth-order valence-electron chi connectivity index (χ4n) is 2.38.